The predicted octanol–water partition coefficient (Wildman–Crippen LogP) is 4.70. The number of esters is 1. The van der Waals surface area contributed by atoms with Gasteiger partial charge in [-0.1, -0.05) is 46.8 Å². The van der Waals surface area contributed by atoms with E-state index in [1.165, 1.54) is 24.3 Å². The summed E-state index contributed by atoms with van der Waals surface area (Å²) in [5, 5.41) is 7.63. The summed E-state index contributed by atoms with van der Waals surface area (Å²) in [5.41, 5.74) is 1.80. The maximum Gasteiger partial charge on any atom is 0.540 e. The summed E-state index contributed by atoms with van der Waals surface area (Å²) < 4.78 is 31.2. The Morgan fingerprint density at radius 3 is 2.19 bits per heavy atom. The minimum absolute atomic E-state index is 0.0433. The van der Waals surface area contributed by atoms with Gasteiger partial charge in [-0.25, -0.2) is 9.18 Å². The van der Waals surface area contributed by atoms with Crippen LogP contribution >= 0.6 is 8.03 Å². The van der Waals surface area contributed by atoms with Gasteiger partial charge in [-0.3, -0.25) is 4.98 Å². The Morgan fingerprint density at radius 1 is 1.22 bits per heavy atom. The lowest BCUT2D eigenvalue weighted by Gasteiger charge is -2.25. The second-order valence-electron chi connectivity index (χ2n) is 8.93. The van der Waals surface area contributed by atoms with Crippen LogP contribution in [0, 0.1) is 18.2 Å². The molecule has 0 spiro atoms. The van der Waals surface area contributed by atoms with Crippen LogP contribution in [0.3, 0.4) is 0 Å². The topological polar surface area (TPSA) is 96.7 Å². The van der Waals surface area contributed by atoms with Crippen LogP contribution in [0.1, 0.15) is 58.8 Å². The molecule has 2 rings (SSSR count). The van der Waals surface area contributed by atoms with Crippen LogP contribution in [0.4, 0.5) is 4.39 Å². The van der Waals surface area contributed by atoms with E-state index in [0.29, 0.717) is 22.5 Å². The second-order valence-corrected chi connectivity index (χ2v) is 10.2. The van der Waals surface area contributed by atoms with E-state index >= 15 is 0 Å². The van der Waals surface area contributed by atoms with Crippen molar-refractivity contribution in [2.75, 3.05) is 0 Å². The first kappa shape index (κ1) is 25.6. The lowest BCUT2D eigenvalue weighted by atomic mass is 9.88. The third kappa shape index (κ3) is 4.88. The van der Waals surface area contributed by atoms with Gasteiger partial charge in [0.2, 0.25) is 0 Å². The van der Waals surface area contributed by atoms with Gasteiger partial charge in [0.25, 0.3) is 0 Å². The van der Waals surface area contributed by atoms with Gasteiger partial charge in [0.1, 0.15) is 11.9 Å². The third-order valence-electron chi connectivity index (χ3n) is 5.10. The zero-order valence-corrected chi connectivity index (χ0v) is 19.9. The number of hydrogen-bond acceptors (Lipinski definition) is 5. The summed E-state index contributed by atoms with van der Waals surface area (Å²) in [5.74, 6) is 0.128. The first-order chi connectivity index (χ1) is 14.7. The standard InChI is InChI=1S/C24H27FNO5P/c1-8-24(15(4)27,32(29)30)22(28)31-21-18(16-9-11-17(25)12-10-16)13-19(23(5,6)7)26-20(21)14(2)3/h1,9-15,27H,2-7H3/p+1. The van der Waals surface area contributed by atoms with Crippen LogP contribution in [0.2, 0.25) is 0 Å². The Balaban J connectivity index is 2.82. The largest absolute Gasteiger partial charge is 0.540 e. The smallest absolute Gasteiger partial charge is 0.419 e. The van der Waals surface area contributed by atoms with E-state index in [-0.39, 0.29) is 17.1 Å². The van der Waals surface area contributed by atoms with E-state index < -0.39 is 31.1 Å². The third-order valence-corrected chi connectivity index (χ3v) is 6.39. The van der Waals surface area contributed by atoms with Crippen molar-refractivity contribution < 1.29 is 28.5 Å². The number of pyridine rings is 1. The van der Waals surface area contributed by atoms with Gasteiger partial charge in [-0.15, -0.1) is 6.42 Å². The molecule has 0 saturated carbocycles. The lowest BCUT2D eigenvalue weighted by molar-refractivity contribution is -0.138. The molecular weight excluding hydrogens is 432 g/mol. The fourth-order valence-electron chi connectivity index (χ4n) is 3.09. The van der Waals surface area contributed by atoms with Gasteiger partial charge in [0.05, 0.1) is 5.69 Å². The van der Waals surface area contributed by atoms with Crippen molar-refractivity contribution in [3.8, 4) is 29.2 Å². The number of carbonyl (C=O) groups excluding carboxylic acids is 1. The van der Waals surface area contributed by atoms with Crippen molar-refractivity contribution in [3.05, 3.63) is 47.5 Å². The molecule has 0 amide bonds. The SMILES string of the molecule is C#CC(C(=O)Oc1c(-c2ccc(F)cc2)cc(C(C)(C)C)nc1C(C)C)(C(C)O)[P+](=O)O. The Hall–Kier alpha value is -2.65. The van der Waals surface area contributed by atoms with Crippen LogP contribution in [0.15, 0.2) is 30.3 Å². The van der Waals surface area contributed by atoms with Gasteiger partial charge in [-0.05, 0) is 47.1 Å². The zero-order chi connectivity index (χ0) is 24.4. The minimum atomic E-state index is -3.32. The molecule has 170 valence electrons. The minimum Gasteiger partial charge on any atom is -0.419 e. The predicted molar refractivity (Wildman–Crippen MR) is 121 cm³/mol. The van der Waals surface area contributed by atoms with E-state index in [9.17, 15) is 23.7 Å². The van der Waals surface area contributed by atoms with E-state index in [4.69, 9.17) is 16.1 Å². The van der Waals surface area contributed by atoms with E-state index in [0.717, 1.165) is 6.92 Å². The first-order valence-electron chi connectivity index (χ1n) is 10.1. The molecule has 0 aliphatic rings. The maximum absolute atomic E-state index is 13.6. The van der Waals surface area contributed by atoms with Crippen molar-refractivity contribution in [2.24, 2.45) is 0 Å². The highest BCUT2D eigenvalue weighted by molar-refractivity contribution is 7.42. The summed E-state index contributed by atoms with van der Waals surface area (Å²) >= 11 is 0. The summed E-state index contributed by atoms with van der Waals surface area (Å²) in [6.45, 7) is 10.8. The number of rotatable bonds is 6. The van der Waals surface area contributed by atoms with Crippen LogP contribution in [0.25, 0.3) is 11.1 Å². The average Bonchev–Trinajstić information content (AvgIpc) is 2.68. The molecule has 1 heterocycles. The molecule has 0 bridgehead atoms. The number of ether oxygens (including phenoxy) is 1. The van der Waals surface area contributed by atoms with Crippen LogP contribution in [0.5, 0.6) is 5.75 Å². The van der Waals surface area contributed by atoms with Crippen molar-refractivity contribution >= 4 is 14.0 Å². The van der Waals surface area contributed by atoms with Crippen molar-refractivity contribution in [2.45, 2.75) is 64.1 Å². The highest BCUT2D eigenvalue weighted by atomic mass is 31.1. The average molecular weight is 460 g/mol. The molecule has 1 aromatic carbocycles. The van der Waals surface area contributed by atoms with Crippen LogP contribution < -0.4 is 4.74 Å². The number of halogens is 1. The molecule has 32 heavy (non-hydrogen) atoms. The summed E-state index contributed by atoms with van der Waals surface area (Å²) in [7, 11) is -3.32. The van der Waals surface area contributed by atoms with Crippen molar-refractivity contribution in [3.63, 3.8) is 0 Å². The molecule has 0 aliphatic heterocycles. The Kier molecular flexibility index (Phi) is 7.57. The molecule has 0 saturated heterocycles. The number of carbonyl (C=O) groups is 1. The van der Waals surface area contributed by atoms with Gasteiger partial charge in [-0.2, -0.15) is 4.89 Å². The number of aliphatic hydroxyl groups excluding tert-OH is 1. The van der Waals surface area contributed by atoms with Gasteiger partial charge >= 0.3 is 19.2 Å². The van der Waals surface area contributed by atoms with Crippen molar-refractivity contribution in [1.82, 2.24) is 4.98 Å². The van der Waals surface area contributed by atoms with Gasteiger partial charge in [0, 0.05) is 16.7 Å². The summed E-state index contributed by atoms with van der Waals surface area (Å²) in [4.78, 5) is 27.6. The number of nitrogens with zero attached hydrogens (tertiary/aromatic N) is 1. The molecule has 6 nitrogen and oxygen atoms in total. The molecule has 8 heteroatoms. The lowest BCUT2D eigenvalue weighted by Crippen LogP contribution is -2.46. The monoisotopic (exact) mass is 460 g/mol. The summed E-state index contributed by atoms with van der Waals surface area (Å²) in [6.07, 6.45) is 3.75. The molecule has 0 radical (unpaired) electrons. The van der Waals surface area contributed by atoms with E-state index in [1.807, 2.05) is 40.5 Å². The van der Waals surface area contributed by atoms with Crippen LogP contribution in [-0.2, 0) is 14.8 Å². The normalized spacial score (nSPS) is 15.0. The van der Waals surface area contributed by atoms with Crippen molar-refractivity contribution in [1.29, 1.82) is 0 Å². The van der Waals surface area contributed by atoms with Crippen LogP contribution in [-0.4, -0.2) is 32.2 Å². The number of terminal acetylenes is 1. The molecule has 0 fully saturated rings. The van der Waals surface area contributed by atoms with E-state index in [2.05, 4.69) is 0 Å². The molecule has 1 aromatic heterocycles. The zero-order valence-electron chi connectivity index (χ0n) is 19.0. The highest BCUT2D eigenvalue weighted by Crippen LogP contribution is 2.43. The Bertz CT molecular complexity index is 1070. The number of aromatic nitrogens is 1. The van der Waals surface area contributed by atoms with E-state index in [1.54, 1.807) is 6.07 Å². The molecule has 2 N–H and O–H groups in total. The quantitative estimate of drug-likeness (QED) is 0.369. The fraction of sp³-hybridized carbons (Fsp3) is 0.417. The molecule has 3 atom stereocenters. The Morgan fingerprint density at radius 2 is 1.78 bits per heavy atom. The number of aliphatic hydroxyl groups is 1. The molecule has 0 aliphatic carbocycles. The highest BCUT2D eigenvalue weighted by Gasteiger charge is 2.62. The maximum atomic E-state index is 13.6. The number of benzene rings is 1. The number of hydrogen-bond donors (Lipinski definition) is 2. The fourth-order valence-corrected chi connectivity index (χ4v) is 3.73. The molecule has 3 unspecified atom stereocenters. The van der Waals surface area contributed by atoms with Gasteiger partial charge in [0.15, 0.2) is 5.75 Å². The molecular formula is C24H28FNO5P+. The second kappa shape index (κ2) is 9.46. The molecule has 2 aromatic rings. The van der Waals surface area contributed by atoms with Gasteiger partial charge < -0.3 is 9.84 Å². The first-order valence-corrected chi connectivity index (χ1v) is 11.3. The Labute approximate surface area is 188 Å². The summed E-state index contributed by atoms with van der Waals surface area (Å²) in [6, 6.07) is 7.36.